The van der Waals surface area contributed by atoms with Gasteiger partial charge in [-0.3, -0.25) is 4.72 Å². The van der Waals surface area contributed by atoms with Crippen molar-refractivity contribution in [2.45, 2.75) is 12.8 Å². The molecule has 1 aliphatic heterocycles. The van der Waals surface area contributed by atoms with Crippen molar-refractivity contribution in [3.8, 4) is 5.75 Å². The Balaban J connectivity index is 1.85. The maximum absolute atomic E-state index is 11.4. The fraction of sp³-hybridized carbons (Fsp3) is 0.294. The first-order valence-corrected chi connectivity index (χ1v) is 9.44. The molecular formula is C17H20N2O3S. The van der Waals surface area contributed by atoms with Crippen molar-refractivity contribution < 1.29 is 13.5 Å². The maximum atomic E-state index is 11.4. The van der Waals surface area contributed by atoms with Crippen molar-refractivity contribution in [2.24, 2.45) is 0 Å². The zero-order chi connectivity index (χ0) is 16.4. The van der Waals surface area contributed by atoms with Crippen LogP contribution in [0.4, 0.5) is 11.4 Å². The average Bonchev–Trinajstić information content (AvgIpc) is 2.70. The third kappa shape index (κ3) is 3.76. The number of phenolic OH excluding ortho intramolecular Hbond substituents is 1. The van der Waals surface area contributed by atoms with E-state index in [2.05, 4.69) is 21.8 Å². The van der Waals surface area contributed by atoms with Crippen molar-refractivity contribution >= 4 is 21.4 Å². The van der Waals surface area contributed by atoms with Crippen LogP contribution in [0.1, 0.15) is 11.1 Å². The Bertz CT molecular complexity index is 804. The molecule has 2 N–H and O–H groups in total. The van der Waals surface area contributed by atoms with Crippen LogP contribution in [0.5, 0.6) is 5.75 Å². The lowest BCUT2D eigenvalue weighted by molar-refractivity contribution is 0.476. The molecule has 0 saturated carbocycles. The monoisotopic (exact) mass is 332 g/mol. The largest absolute Gasteiger partial charge is 0.506 e. The van der Waals surface area contributed by atoms with Gasteiger partial charge in [-0.05, 0) is 48.2 Å². The van der Waals surface area contributed by atoms with Gasteiger partial charge in [0.25, 0.3) is 0 Å². The van der Waals surface area contributed by atoms with Gasteiger partial charge in [0.05, 0.1) is 11.9 Å². The second-order valence-corrected chi connectivity index (χ2v) is 7.58. The van der Waals surface area contributed by atoms with Gasteiger partial charge in [0.1, 0.15) is 5.75 Å². The Morgan fingerprint density at radius 1 is 1.04 bits per heavy atom. The quantitative estimate of drug-likeness (QED) is 0.847. The average molecular weight is 332 g/mol. The van der Waals surface area contributed by atoms with Crippen molar-refractivity contribution in [2.75, 3.05) is 29.0 Å². The molecule has 0 saturated heterocycles. The second kappa shape index (κ2) is 6.12. The molecule has 122 valence electrons. The lowest BCUT2D eigenvalue weighted by Crippen LogP contribution is -2.25. The van der Waals surface area contributed by atoms with Crippen LogP contribution in [0, 0.1) is 0 Å². The van der Waals surface area contributed by atoms with Gasteiger partial charge < -0.3 is 10.0 Å². The number of fused-ring (bicyclic) bond motifs is 1. The molecule has 0 aliphatic carbocycles. The van der Waals surface area contributed by atoms with Crippen LogP contribution < -0.4 is 9.62 Å². The number of hydrogen-bond acceptors (Lipinski definition) is 4. The minimum atomic E-state index is -3.41. The molecular weight excluding hydrogens is 312 g/mol. The van der Waals surface area contributed by atoms with E-state index in [1.54, 1.807) is 12.1 Å². The number of nitrogens with zero attached hydrogens (tertiary/aromatic N) is 1. The van der Waals surface area contributed by atoms with E-state index in [4.69, 9.17) is 0 Å². The smallest absolute Gasteiger partial charge is 0.229 e. The predicted octanol–water partition coefficient (Wildman–Crippen LogP) is 2.37. The van der Waals surface area contributed by atoms with Crippen molar-refractivity contribution in [3.63, 3.8) is 0 Å². The highest BCUT2D eigenvalue weighted by molar-refractivity contribution is 7.92. The Kier molecular flexibility index (Phi) is 4.17. The molecule has 0 fully saturated rings. The number of benzene rings is 2. The van der Waals surface area contributed by atoms with Crippen LogP contribution in [-0.2, 0) is 22.9 Å². The molecule has 1 heterocycles. The number of rotatable bonds is 3. The lowest BCUT2D eigenvalue weighted by atomic mass is 10.0. The Morgan fingerprint density at radius 3 is 2.26 bits per heavy atom. The van der Waals surface area contributed by atoms with Gasteiger partial charge in [-0.1, -0.05) is 18.2 Å². The summed E-state index contributed by atoms with van der Waals surface area (Å²) in [5.41, 5.74) is 3.57. The summed E-state index contributed by atoms with van der Waals surface area (Å²) in [5, 5.41) is 10.1. The number of hydrogen-bond donors (Lipinski definition) is 2. The summed E-state index contributed by atoms with van der Waals surface area (Å²) < 4.78 is 25.2. The topological polar surface area (TPSA) is 69.6 Å². The third-order valence-corrected chi connectivity index (χ3v) is 4.63. The summed E-state index contributed by atoms with van der Waals surface area (Å²) in [6.07, 6.45) is 2.70. The lowest BCUT2D eigenvalue weighted by Gasteiger charge is -2.22. The minimum Gasteiger partial charge on any atom is -0.506 e. The maximum Gasteiger partial charge on any atom is 0.229 e. The molecule has 3 rings (SSSR count). The molecule has 0 unspecified atom stereocenters. The van der Waals surface area contributed by atoms with Crippen LogP contribution in [-0.4, -0.2) is 32.9 Å². The molecule has 0 amide bonds. The molecule has 0 atom stereocenters. The van der Waals surface area contributed by atoms with Crippen LogP contribution in [0.25, 0.3) is 0 Å². The third-order valence-electron chi connectivity index (χ3n) is 4.04. The summed E-state index contributed by atoms with van der Waals surface area (Å²) in [6, 6.07) is 13.6. The van der Waals surface area contributed by atoms with Gasteiger partial charge >= 0.3 is 0 Å². The number of nitrogens with one attached hydrogen (secondary N) is 1. The first-order chi connectivity index (χ1) is 10.9. The zero-order valence-corrected chi connectivity index (χ0v) is 13.8. The summed E-state index contributed by atoms with van der Waals surface area (Å²) in [6.45, 7) is 1.73. The van der Waals surface area contributed by atoms with Crippen LogP contribution >= 0.6 is 0 Å². The predicted molar refractivity (Wildman–Crippen MR) is 92.6 cm³/mol. The van der Waals surface area contributed by atoms with Crippen molar-refractivity contribution in [3.05, 3.63) is 53.6 Å². The normalized spacial score (nSPS) is 14.9. The zero-order valence-electron chi connectivity index (χ0n) is 13.0. The minimum absolute atomic E-state index is 0.0256. The highest BCUT2D eigenvalue weighted by Crippen LogP contribution is 2.31. The molecule has 2 aromatic rings. The summed E-state index contributed by atoms with van der Waals surface area (Å²) in [5.74, 6) is -0.0256. The molecule has 1 aliphatic rings. The molecule has 23 heavy (non-hydrogen) atoms. The molecule has 2 aromatic carbocycles. The molecule has 0 spiro atoms. The number of anilines is 2. The van der Waals surface area contributed by atoms with Gasteiger partial charge in [-0.2, -0.15) is 0 Å². The van der Waals surface area contributed by atoms with Gasteiger partial charge in [0, 0.05) is 18.8 Å². The number of para-hydroxylation sites is 1. The number of aromatic hydroxyl groups is 1. The van der Waals surface area contributed by atoms with Gasteiger partial charge in [0.15, 0.2) is 0 Å². The number of phenols is 1. The first-order valence-electron chi connectivity index (χ1n) is 7.55. The van der Waals surface area contributed by atoms with Crippen LogP contribution in [0.3, 0.4) is 0 Å². The van der Waals surface area contributed by atoms with E-state index < -0.39 is 10.0 Å². The highest BCUT2D eigenvalue weighted by atomic mass is 32.2. The highest BCUT2D eigenvalue weighted by Gasteiger charge is 2.17. The van der Waals surface area contributed by atoms with E-state index in [9.17, 15) is 13.5 Å². The molecule has 6 heteroatoms. The SMILES string of the molecule is CS(=O)(=O)Nc1cc2c(cc1O)CCN(c1ccccc1)CC2. The van der Waals surface area contributed by atoms with Crippen LogP contribution in [0.15, 0.2) is 42.5 Å². The second-order valence-electron chi connectivity index (χ2n) is 5.83. The molecule has 0 bridgehead atoms. The number of sulfonamides is 1. The summed E-state index contributed by atoms with van der Waals surface area (Å²) in [4.78, 5) is 2.31. The standard InChI is InChI=1S/C17H20N2O3S/c1-23(21,22)18-16-11-13-7-9-19(15-5-3-2-4-6-15)10-8-14(13)12-17(16)20/h2-6,11-12,18,20H,7-10H2,1H3. The van der Waals surface area contributed by atoms with Gasteiger partial charge in [-0.15, -0.1) is 0 Å². The van der Waals surface area contributed by atoms with Crippen LogP contribution in [0.2, 0.25) is 0 Å². The van der Waals surface area contributed by atoms with E-state index in [0.717, 1.165) is 43.3 Å². The van der Waals surface area contributed by atoms with E-state index in [-0.39, 0.29) is 11.4 Å². The molecule has 0 aromatic heterocycles. The molecule has 0 radical (unpaired) electrons. The van der Waals surface area contributed by atoms with E-state index in [0.29, 0.717) is 0 Å². The molecule has 5 nitrogen and oxygen atoms in total. The van der Waals surface area contributed by atoms with Crippen molar-refractivity contribution in [1.29, 1.82) is 0 Å². The van der Waals surface area contributed by atoms with Gasteiger partial charge in [-0.25, -0.2) is 8.42 Å². The summed E-state index contributed by atoms with van der Waals surface area (Å²) in [7, 11) is -3.41. The fourth-order valence-electron chi connectivity index (χ4n) is 2.94. The van der Waals surface area contributed by atoms with E-state index >= 15 is 0 Å². The Morgan fingerprint density at radius 2 is 1.65 bits per heavy atom. The first kappa shape index (κ1) is 15.7. The summed E-state index contributed by atoms with van der Waals surface area (Å²) >= 11 is 0. The fourth-order valence-corrected chi connectivity index (χ4v) is 3.51. The van der Waals surface area contributed by atoms with E-state index in [1.807, 2.05) is 18.2 Å². The Hall–Kier alpha value is -2.21. The van der Waals surface area contributed by atoms with Gasteiger partial charge in [0.2, 0.25) is 10.0 Å². The van der Waals surface area contributed by atoms with Crippen molar-refractivity contribution in [1.82, 2.24) is 0 Å². The Labute approximate surface area is 136 Å². The van der Waals surface area contributed by atoms with E-state index in [1.165, 1.54) is 5.69 Å².